The maximum absolute atomic E-state index is 12.8. The number of fused-ring (bicyclic) bond motifs is 1. The fraction of sp³-hybridized carbons (Fsp3) is 0.348. The molecule has 0 unspecified atom stereocenters. The zero-order valence-corrected chi connectivity index (χ0v) is 18.2. The Balaban J connectivity index is 1.52. The molecule has 3 aromatic rings. The molecule has 2 heterocycles. The second-order valence-corrected chi connectivity index (χ2v) is 9.88. The number of benzene rings is 2. The van der Waals surface area contributed by atoms with E-state index in [9.17, 15) is 13.2 Å². The summed E-state index contributed by atoms with van der Waals surface area (Å²) in [5.74, 6) is -0.0808. The van der Waals surface area contributed by atoms with Crippen LogP contribution in [0.4, 0.5) is 0 Å². The third kappa shape index (κ3) is 4.00. The smallest absolute Gasteiger partial charge is 0.243 e. The molecule has 1 aliphatic rings. The minimum Gasteiger partial charge on any atom is -0.350 e. The molecule has 6 nitrogen and oxygen atoms in total. The summed E-state index contributed by atoms with van der Waals surface area (Å²) in [6, 6.07) is 14.6. The normalized spacial score (nSPS) is 16.1. The molecule has 1 saturated heterocycles. The van der Waals surface area contributed by atoms with E-state index in [0.717, 1.165) is 34.9 Å². The average Bonchev–Trinajstić information content (AvgIpc) is 3.41. The molecule has 0 bridgehead atoms. The van der Waals surface area contributed by atoms with Crippen LogP contribution in [0.2, 0.25) is 0 Å². The Morgan fingerprint density at radius 3 is 2.60 bits per heavy atom. The lowest BCUT2D eigenvalue weighted by Gasteiger charge is -2.17. The third-order valence-electron chi connectivity index (χ3n) is 5.74. The average molecular weight is 426 g/mol. The molecule has 1 atom stereocenters. The van der Waals surface area contributed by atoms with Crippen molar-refractivity contribution in [2.45, 2.75) is 44.2 Å². The molecule has 1 N–H and O–H groups in total. The van der Waals surface area contributed by atoms with Crippen LogP contribution in [0.5, 0.6) is 0 Å². The van der Waals surface area contributed by atoms with E-state index >= 15 is 0 Å². The number of carbonyl (C=O) groups is 1. The molecule has 2 aromatic carbocycles. The minimum absolute atomic E-state index is 0.0808. The summed E-state index contributed by atoms with van der Waals surface area (Å²) in [4.78, 5) is 13.0. The van der Waals surface area contributed by atoms with E-state index < -0.39 is 16.1 Å². The van der Waals surface area contributed by atoms with Gasteiger partial charge in [-0.15, -0.1) is 0 Å². The number of carbonyl (C=O) groups excluding carboxylic acids is 1. The highest BCUT2D eigenvalue weighted by Gasteiger charge is 2.27. The Morgan fingerprint density at radius 1 is 1.10 bits per heavy atom. The molecule has 1 aliphatic heterocycles. The molecule has 30 heavy (non-hydrogen) atoms. The monoisotopic (exact) mass is 425 g/mol. The summed E-state index contributed by atoms with van der Waals surface area (Å²) in [5, 5.41) is 3.80. The van der Waals surface area contributed by atoms with Gasteiger partial charge < -0.3 is 9.88 Å². The number of nitrogens with zero attached hydrogens (tertiary/aromatic N) is 2. The van der Waals surface area contributed by atoms with Crippen molar-refractivity contribution in [2.75, 3.05) is 13.1 Å². The number of hydrogen-bond donors (Lipinski definition) is 1. The molecule has 0 saturated carbocycles. The first-order valence-corrected chi connectivity index (χ1v) is 11.7. The lowest BCUT2D eigenvalue weighted by Crippen LogP contribution is -2.30. The summed E-state index contributed by atoms with van der Waals surface area (Å²) in [6.45, 7) is 5.51. The first kappa shape index (κ1) is 20.6. The molecule has 1 amide bonds. The highest BCUT2D eigenvalue weighted by molar-refractivity contribution is 7.89. The fourth-order valence-corrected chi connectivity index (χ4v) is 5.56. The van der Waals surface area contributed by atoms with Gasteiger partial charge in [-0.05, 0) is 56.5 Å². The van der Waals surface area contributed by atoms with Gasteiger partial charge in [0.25, 0.3) is 0 Å². The standard InChI is InChI=1S/C23H27N3O3S/c1-17-6-5-7-19(14-17)16-24-23(27)18(2)26-13-10-20-15-21(8-9-22(20)26)30(28,29)25-11-3-4-12-25/h5-10,13-15,18H,3-4,11-12,16H2,1-2H3,(H,24,27)/t18-/m0/s1. The molecular weight excluding hydrogens is 398 g/mol. The topological polar surface area (TPSA) is 71.4 Å². The molecule has 1 aromatic heterocycles. The van der Waals surface area contributed by atoms with Crippen molar-refractivity contribution in [2.24, 2.45) is 0 Å². The minimum atomic E-state index is -3.46. The Labute approximate surface area is 177 Å². The SMILES string of the molecule is Cc1cccc(CNC(=O)[C@H](C)n2ccc3cc(S(=O)(=O)N4CCCC4)ccc32)c1. The van der Waals surface area contributed by atoms with Crippen molar-refractivity contribution in [1.29, 1.82) is 0 Å². The Kier molecular flexibility index (Phi) is 5.66. The largest absolute Gasteiger partial charge is 0.350 e. The van der Waals surface area contributed by atoms with E-state index in [1.54, 1.807) is 22.5 Å². The van der Waals surface area contributed by atoms with Gasteiger partial charge >= 0.3 is 0 Å². The van der Waals surface area contributed by atoms with Crippen molar-refractivity contribution >= 4 is 26.8 Å². The summed E-state index contributed by atoms with van der Waals surface area (Å²) in [5.41, 5.74) is 3.06. The van der Waals surface area contributed by atoms with Gasteiger partial charge in [-0.2, -0.15) is 4.31 Å². The highest BCUT2D eigenvalue weighted by atomic mass is 32.2. The number of nitrogens with one attached hydrogen (secondary N) is 1. The third-order valence-corrected chi connectivity index (χ3v) is 7.64. The van der Waals surface area contributed by atoms with Gasteiger partial charge in [-0.1, -0.05) is 29.8 Å². The van der Waals surface area contributed by atoms with E-state index in [4.69, 9.17) is 0 Å². The number of aryl methyl sites for hydroxylation is 1. The van der Waals surface area contributed by atoms with Crippen molar-refractivity contribution < 1.29 is 13.2 Å². The summed E-state index contributed by atoms with van der Waals surface area (Å²) < 4.78 is 29.1. The predicted molar refractivity (Wildman–Crippen MR) is 118 cm³/mol. The quantitative estimate of drug-likeness (QED) is 0.656. The first-order valence-electron chi connectivity index (χ1n) is 10.3. The van der Waals surface area contributed by atoms with Crippen LogP contribution in [0, 0.1) is 6.92 Å². The maximum Gasteiger partial charge on any atom is 0.243 e. The number of rotatable bonds is 6. The lowest BCUT2D eigenvalue weighted by molar-refractivity contribution is -0.123. The molecule has 0 spiro atoms. The van der Waals surface area contributed by atoms with E-state index in [2.05, 4.69) is 11.4 Å². The summed E-state index contributed by atoms with van der Waals surface area (Å²) in [6.07, 6.45) is 3.66. The van der Waals surface area contributed by atoms with Crippen LogP contribution in [-0.2, 0) is 21.4 Å². The van der Waals surface area contributed by atoms with Crippen LogP contribution >= 0.6 is 0 Å². The van der Waals surface area contributed by atoms with Crippen LogP contribution in [0.15, 0.2) is 59.6 Å². The summed E-state index contributed by atoms with van der Waals surface area (Å²) >= 11 is 0. The maximum atomic E-state index is 12.8. The zero-order valence-electron chi connectivity index (χ0n) is 17.3. The number of amides is 1. The fourth-order valence-electron chi connectivity index (χ4n) is 4.00. The van der Waals surface area contributed by atoms with Crippen molar-refractivity contribution in [3.05, 3.63) is 65.9 Å². The van der Waals surface area contributed by atoms with Crippen molar-refractivity contribution in [3.8, 4) is 0 Å². The van der Waals surface area contributed by atoms with E-state index in [1.807, 2.05) is 48.9 Å². The Hall–Kier alpha value is -2.64. The molecule has 4 rings (SSSR count). The number of sulfonamides is 1. The van der Waals surface area contributed by atoms with Gasteiger partial charge in [0.05, 0.1) is 4.90 Å². The van der Waals surface area contributed by atoms with Gasteiger partial charge in [0.2, 0.25) is 15.9 Å². The predicted octanol–water partition coefficient (Wildman–Crippen LogP) is 3.61. The van der Waals surface area contributed by atoms with E-state index in [0.29, 0.717) is 24.5 Å². The van der Waals surface area contributed by atoms with E-state index in [-0.39, 0.29) is 5.91 Å². The van der Waals surface area contributed by atoms with Gasteiger partial charge in [-0.3, -0.25) is 4.79 Å². The van der Waals surface area contributed by atoms with Crippen LogP contribution in [0.1, 0.15) is 36.9 Å². The van der Waals surface area contributed by atoms with Gasteiger partial charge in [0.15, 0.2) is 0 Å². The second kappa shape index (κ2) is 8.24. The first-order chi connectivity index (χ1) is 14.4. The van der Waals surface area contributed by atoms with Crippen LogP contribution in [-0.4, -0.2) is 36.3 Å². The van der Waals surface area contributed by atoms with Gasteiger partial charge in [-0.25, -0.2) is 8.42 Å². The Morgan fingerprint density at radius 2 is 1.87 bits per heavy atom. The Bertz CT molecular complexity index is 1180. The number of aromatic nitrogens is 1. The van der Waals surface area contributed by atoms with Gasteiger partial charge in [0, 0.05) is 36.7 Å². The van der Waals surface area contributed by atoms with Crippen molar-refractivity contribution in [1.82, 2.24) is 14.2 Å². The molecule has 0 radical (unpaired) electrons. The highest BCUT2D eigenvalue weighted by Crippen LogP contribution is 2.27. The van der Waals surface area contributed by atoms with Crippen molar-refractivity contribution in [3.63, 3.8) is 0 Å². The summed E-state index contributed by atoms with van der Waals surface area (Å²) in [7, 11) is -3.46. The van der Waals surface area contributed by atoms with Crippen LogP contribution < -0.4 is 5.32 Å². The second-order valence-electron chi connectivity index (χ2n) is 7.94. The lowest BCUT2D eigenvalue weighted by atomic mass is 10.1. The van der Waals surface area contributed by atoms with E-state index in [1.165, 1.54) is 0 Å². The molecule has 7 heteroatoms. The molecule has 1 fully saturated rings. The molecule has 158 valence electrons. The van der Waals surface area contributed by atoms with Gasteiger partial charge in [0.1, 0.15) is 6.04 Å². The molecular formula is C23H27N3O3S. The van der Waals surface area contributed by atoms with Crippen LogP contribution in [0.3, 0.4) is 0 Å². The zero-order chi connectivity index (χ0) is 21.3. The van der Waals surface area contributed by atoms with Crippen LogP contribution in [0.25, 0.3) is 10.9 Å². The number of hydrogen-bond acceptors (Lipinski definition) is 3. The molecule has 0 aliphatic carbocycles.